The predicted octanol–water partition coefficient (Wildman–Crippen LogP) is 2.89. The average Bonchev–Trinajstić information content (AvgIpc) is 2.46. The van der Waals surface area contributed by atoms with Crippen LogP contribution in [-0.4, -0.2) is 9.97 Å². The van der Waals surface area contributed by atoms with E-state index < -0.39 is 0 Å². The van der Waals surface area contributed by atoms with E-state index in [0.29, 0.717) is 22.1 Å². The van der Waals surface area contributed by atoms with Gasteiger partial charge in [0, 0.05) is 17.0 Å². The van der Waals surface area contributed by atoms with Crippen molar-refractivity contribution in [3.8, 4) is 0 Å². The summed E-state index contributed by atoms with van der Waals surface area (Å²) in [6.45, 7) is 0. The third kappa shape index (κ3) is 1.43. The van der Waals surface area contributed by atoms with Crippen molar-refractivity contribution in [3.05, 3.63) is 59.1 Å². The standard InChI is InChI=1S/C15H8N2O2/c18-15-11-8-9-4-3-7-16-14(9)17-13(11)10-5-1-2-6-12(10)19-15/h1-8H. The molecule has 90 valence electrons. The van der Waals surface area contributed by atoms with Gasteiger partial charge in [-0.2, -0.15) is 0 Å². The summed E-state index contributed by atoms with van der Waals surface area (Å²) in [6, 6.07) is 12.9. The van der Waals surface area contributed by atoms with E-state index in [9.17, 15) is 4.79 Å². The van der Waals surface area contributed by atoms with E-state index >= 15 is 0 Å². The molecule has 0 unspecified atom stereocenters. The zero-order chi connectivity index (χ0) is 12.8. The van der Waals surface area contributed by atoms with Gasteiger partial charge >= 0.3 is 5.63 Å². The van der Waals surface area contributed by atoms with Crippen molar-refractivity contribution in [2.45, 2.75) is 0 Å². The molecule has 0 radical (unpaired) electrons. The summed E-state index contributed by atoms with van der Waals surface area (Å²) in [5.41, 5.74) is 1.44. The lowest BCUT2D eigenvalue weighted by atomic mass is 10.1. The molecule has 0 amide bonds. The molecule has 0 aliphatic rings. The van der Waals surface area contributed by atoms with Crippen LogP contribution in [0.1, 0.15) is 0 Å². The largest absolute Gasteiger partial charge is 0.422 e. The number of nitrogens with zero attached hydrogens (tertiary/aromatic N) is 2. The molecule has 19 heavy (non-hydrogen) atoms. The SMILES string of the molecule is O=c1oc2ccccc2c2nc3ncccc3cc12. The molecule has 4 nitrogen and oxygen atoms in total. The second-order valence-corrected chi connectivity index (χ2v) is 4.32. The molecule has 3 aromatic heterocycles. The van der Waals surface area contributed by atoms with Gasteiger partial charge in [-0.25, -0.2) is 14.8 Å². The lowest BCUT2D eigenvalue weighted by Crippen LogP contribution is -2.01. The van der Waals surface area contributed by atoms with Gasteiger partial charge in [0.1, 0.15) is 5.58 Å². The third-order valence-electron chi connectivity index (χ3n) is 3.15. The van der Waals surface area contributed by atoms with Gasteiger partial charge in [0.15, 0.2) is 5.65 Å². The van der Waals surface area contributed by atoms with Crippen LogP contribution in [0.4, 0.5) is 0 Å². The number of aromatic nitrogens is 2. The van der Waals surface area contributed by atoms with Crippen molar-refractivity contribution in [1.82, 2.24) is 9.97 Å². The molecule has 4 aromatic rings. The Morgan fingerprint density at radius 1 is 1.00 bits per heavy atom. The fraction of sp³-hybridized carbons (Fsp3) is 0. The minimum atomic E-state index is -0.369. The molecule has 0 saturated carbocycles. The Kier molecular flexibility index (Phi) is 1.94. The molecule has 4 rings (SSSR count). The molecule has 0 atom stereocenters. The summed E-state index contributed by atoms with van der Waals surface area (Å²) in [5.74, 6) is 0. The highest BCUT2D eigenvalue weighted by molar-refractivity contribution is 6.04. The van der Waals surface area contributed by atoms with Crippen molar-refractivity contribution in [1.29, 1.82) is 0 Å². The minimum Gasteiger partial charge on any atom is -0.422 e. The monoisotopic (exact) mass is 248 g/mol. The first-order valence-corrected chi connectivity index (χ1v) is 5.90. The molecule has 1 aromatic carbocycles. The average molecular weight is 248 g/mol. The Morgan fingerprint density at radius 2 is 1.89 bits per heavy atom. The third-order valence-corrected chi connectivity index (χ3v) is 3.15. The van der Waals surface area contributed by atoms with Gasteiger partial charge < -0.3 is 4.42 Å². The van der Waals surface area contributed by atoms with Crippen molar-refractivity contribution in [2.75, 3.05) is 0 Å². The van der Waals surface area contributed by atoms with E-state index in [-0.39, 0.29) is 5.63 Å². The van der Waals surface area contributed by atoms with Gasteiger partial charge in [-0.3, -0.25) is 0 Å². The van der Waals surface area contributed by atoms with Crippen molar-refractivity contribution < 1.29 is 4.42 Å². The molecule has 0 aliphatic heterocycles. The summed E-state index contributed by atoms with van der Waals surface area (Å²) >= 11 is 0. The van der Waals surface area contributed by atoms with Crippen LogP contribution in [0.5, 0.6) is 0 Å². The number of pyridine rings is 2. The second-order valence-electron chi connectivity index (χ2n) is 4.32. The van der Waals surface area contributed by atoms with E-state index in [2.05, 4.69) is 9.97 Å². The summed E-state index contributed by atoms with van der Waals surface area (Å²) in [6.07, 6.45) is 1.69. The molecular formula is C15H8N2O2. The highest BCUT2D eigenvalue weighted by Gasteiger charge is 2.09. The van der Waals surface area contributed by atoms with E-state index in [1.807, 2.05) is 30.3 Å². The minimum absolute atomic E-state index is 0.369. The molecular weight excluding hydrogens is 240 g/mol. The maximum absolute atomic E-state index is 12.0. The fourth-order valence-electron chi connectivity index (χ4n) is 2.27. The predicted molar refractivity (Wildman–Crippen MR) is 73.1 cm³/mol. The van der Waals surface area contributed by atoms with Gasteiger partial charge in [0.2, 0.25) is 0 Å². The smallest absolute Gasteiger partial charge is 0.345 e. The molecule has 3 heterocycles. The fourth-order valence-corrected chi connectivity index (χ4v) is 2.27. The zero-order valence-electron chi connectivity index (χ0n) is 9.83. The second kappa shape index (κ2) is 3.62. The molecule has 4 heteroatoms. The normalized spacial score (nSPS) is 11.4. The van der Waals surface area contributed by atoms with E-state index in [1.54, 1.807) is 18.3 Å². The highest BCUT2D eigenvalue weighted by Crippen LogP contribution is 2.23. The molecule has 0 fully saturated rings. The number of hydrogen-bond donors (Lipinski definition) is 0. The molecule has 0 spiro atoms. The first-order valence-electron chi connectivity index (χ1n) is 5.90. The van der Waals surface area contributed by atoms with E-state index in [0.717, 1.165) is 10.8 Å². The summed E-state index contributed by atoms with van der Waals surface area (Å²) in [5, 5.41) is 2.14. The highest BCUT2D eigenvalue weighted by atomic mass is 16.4. The van der Waals surface area contributed by atoms with Crippen LogP contribution in [0.2, 0.25) is 0 Å². The van der Waals surface area contributed by atoms with E-state index in [1.165, 1.54) is 0 Å². The van der Waals surface area contributed by atoms with Gasteiger partial charge in [-0.1, -0.05) is 12.1 Å². The molecule has 0 aliphatic carbocycles. The van der Waals surface area contributed by atoms with Crippen LogP contribution < -0.4 is 5.63 Å². The topological polar surface area (TPSA) is 56.0 Å². The van der Waals surface area contributed by atoms with Crippen molar-refractivity contribution in [2.24, 2.45) is 0 Å². The first kappa shape index (κ1) is 10.2. The molecule has 0 N–H and O–H groups in total. The van der Waals surface area contributed by atoms with Crippen LogP contribution >= 0.6 is 0 Å². The number of para-hydroxylation sites is 1. The van der Waals surface area contributed by atoms with Crippen LogP contribution in [0.15, 0.2) is 57.9 Å². The molecule has 0 bridgehead atoms. The van der Waals surface area contributed by atoms with Gasteiger partial charge in [0.25, 0.3) is 0 Å². The number of rotatable bonds is 0. The first-order chi connectivity index (χ1) is 9.33. The Bertz CT molecular complexity index is 989. The van der Waals surface area contributed by atoms with Crippen LogP contribution in [0.25, 0.3) is 32.9 Å². The number of fused-ring (bicyclic) bond motifs is 4. The maximum Gasteiger partial charge on any atom is 0.345 e. The number of benzene rings is 1. The summed E-state index contributed by atoms with van der Waals surface area (Å²) in [7, 11) is 0. The Balaban J connectivity index is 2.34. The summed E-state index contributed by atoms with van der Waals surface area (Å²) in [4.78, 5) is 20.7. The Hall–Kier alpha value is -2.75. The number of hydrogen-bond acceptors (Lipinski definition) is 4. The lowest BCUT2D eigenvalue weighted by Gasteiger charge is -2.03. The van der Waals surface area contributed by atoms with Crippen molar-refractivity contribution in [3.63, 3.8) is 0 Å². The molecule has 0 saturated heterocycles. The van der Waals surface area contributed by atoms with Crippen molar-refractivity contribution >= 4 is 32.9 Å². The maximum atomic E-state index is 12.0. The van der Waals surface area contributed by atoms with Gasteiger partial charge in [-0.15, -0.1) is 0 Å². The van der Waals surface area contributed by atoms with Crippen LogP contribution in [0, 0.1) is 0 Å². The lowest BCUT2D eigenvalue weighted by molar-refractivity contribution is 0.569. The van der Waals surface area contributed by atoms with Crippen LogP contribution in [-0.2, 0) is 0 Å². The zero-order valence-corrected chi connectivity index (χ0v) is 9.83. The van der Waals surface area contributed by atoms with Gasteiger partial charge in [0.05, 0.1) is 10.9 Å². The Labute approximate surface area is 107 Å². The Morgan fingerprint density at radius 3 is 2.84 bits per heavy atom. The quantitative estimate of drug-likeness (QED) is 0.273. The van der Waals surface area contributed by atoms with E-state index in [4.69, 9.17) is 4.42 Å². The summed E-state index contributed by atoms with van der Waals surface area (Å²) < 4.78 is 5.31. The van der Waals surface area contributed by atoms with Crippen LogP contribution in [0.3, 0.4) is 0 Å². The van der Waals surface area contributed by atoms with Gasteiger partial charge in [-0.05, 0) is 30.3 Å².